The Morgan fingerprint density at radius 3 is 2.44 bits per heavy atom. The van der Waals surface area contributed by atoms with Gasteiger partial charge in [0.05, 0.1) is 5.02 Å². The first kappa shape index (κ1) is 21.2. The minimum Gasteiger partial charge on any atom is -0.483 e. The van der Waals surface area contributed by atoms with Gasteiger partial charge in [0, 0.05) is 18.8 Å². The van der Waals surface area contributed by atoms with Gasteiger partial charge in [0.1, 0.15) is 10.6 Å². The van der Waals surface area contributed by atoms with Crippen LogP contribution in [0.4, 0.5) is 5.69 Å². The Morgan fingerprint density at radius 2 is 1.81 bits per heavy atom. The molecule has 2 aromatic rings. The second kappa shape index (κ2) is 9.21. The quantitative estimate of drug-likeness (QED) is 0.720. The molecule has 0 fully saturated rings. The molecule has 0 spiro atoms. The van der Waals surface area contributed by atoms with Gasteiger partial charge in [-0.25, -0.2) is 8.42 Å². The van der Waals surface area contributed by atoms with Gasteiger partial charge in [-0.15, -0.1) is 0 Å². The fourth-order valence-electron chi connectivity index (χ4n) is 2.54. The van der Waals surface area contributed by atoms with Crippen molar-refractivity contribution < 1.29 is 17.9 Å². The Balaban J connectivity index is 2.13. The lowest BCUT2D eigenvalue weighted by Gasteiger charge is -2.19. The molecule has 6 nitrogen and oxygen atoms in total. The molecular formula is C19H23ClN2O4S. The summed E-state index contributed by atoms with van der Waals surface area (Å²) in [5.41, 5.74) is 1.26. The number of nitrogens with one attached hydrogen (secondary N) is 1. The van der Waals surface area contributed by atoms with E-state index < -0.39 is 15.9 Å². The van der Waals surface area contributed by atoms with Gasteiger partial charge in [-0.2, -0.15) is 4.31 Å². The molecule has 2 rings (SSSR count). The van der Waals surface area contributed by atoms with Gasteiger partial charge in [0.15, 0.2) is 6.61 Å². The average Bonchev–Trinajstić information content (AvgIpc) is 2.63. The third-order valence-corrected chi connectivity index (χ3v) is 6.52. The molecule has 8 heteroatoms. The van der Waals surface area contributed by atoms with Crippen LogP contribution in [0.2, 0.25) is 5.02 Å². The highest BCUT2D eigenvalue weighted by atomic mass is 35.5. The molecule has 1 amide bonds. The number of hydrogen-bond acceptors (Lipinski definition) is 4. The molecular weight excluding hydrogens is 388 g/mol. The van der Waals surface area contributed by atoms with Gasteiger partial charge in [0.25, 0.3) is 5.91 Å². The summed E-state index contributed by atoms with van der Waals surface area (Å²) >= 11 is 6.09. The van der Waals surface area contributed by atoms with Gasteiger partial charge < -0.3 is 10.1 Å². The molecule has 146 valence electrons. The third-order valence-electron chi connectivity index (χ3n) is 3.99. The van der Waals surface area contributed by atoms with Gasteiger partial charge in [-0.05, 0) is 36.8 Å². The summed E-state index contributed by atoms with van der Waals surface area (Å²) in [6.07, 6.45) is 0. The summed E-state index contributed by atoms with van der Waals surface area (Å²) in [4.78, 5) is 12.1. The summed E-state index contributed by atoms with van der Waals surface area (Å²) < 4.78 is 32.2. The van der Waals surface area contributed by atoms with Crippen LogP contribution in [-0.4, -0.2) is 38.3 Å². The maximum Gasteiger partial charge on any atom is 0.262 e. The predicted octanol–water partition coefficient (Wildman–Crippen LogP) is 3.70. The first-order valence-corrected chi connectivity index (χ1v) is 10.4. The lowest BCUT2D eigenvalue weighted by atomic mass is 10.2. The number of benzene rings is 2. The normalized spacial score (nSPS) is 11.4. The van der Waals surface area contributed by atoms with Crippen molar-refractivity contribution in [2.24, 2.45) is 0 Å². The van der Waals surface area contributed by atoms with E-state index in [1.54, 1.807) is 26.0 Å². The van der Waals surface area contributed by atoms with Crippen LogP contribution in [0, 0.1) is 6.92 Å². The zero-order valence-corrected chi connectivity index (χ0v) is 17.1. The van der Waals surface area contributed by atoms with Crippen LogP contribution < -0.4 is 10.1 Å². The molecule has 2 aromatic carbocycles. The number of nitrogens with zero attached hydrogens (tertiary/aromatic N) is 1. The lowest BCUT2D eigenvalue weighted by Crippen LogP contribution is -2.31. The molecule has 0 aliphatic heterocycles. The number of sulfonamides is 1. The number of hydrogen-bond donors (Lipinski definition) is 1. The van der Waals surface area contributed by atoms with Crippen molar-refractivity contribution in [3.05, 3.63) is 53.1 Å². The minimum absolute atomic E-state index is 0.0366. The highest BCUT2D eigenvalue weighted by Crippen LogP contribution is 2.27. The molecule has 0 unspecified atom stereocenters. The highest BCUT2D eigenvalue weighted by Gasteiger charge is 2.25. The number of halogens is 1. The van der Waals surface area contributed by atoms with E-state index in [0.29, 0.717) is 24.5 Å². The van der Waals surface area contributed by atoms with Crippen molar-refractivity contribution in [2.75, 3.05) is 25.0 Å². The van der Waals surface area contributed by atoms with E-state index in [1.807, 2.05) is 25.1 Å². The lowest BCUT2D eigenvalue weighted by molar-refractivity contribution is -0.118. The van der Waals surface area contributed by atoms with Gasteiger partial charge in [0.2, 0.25) is 10.0 Å². The Labute approximate surface area is 165 Å². The monoisotopic (exact) mass is 410 g/mol. The maximum atomic E-state index is 12.7. The third kappa shape index (κ3) is 5.22. The van der Waals surface area contributed by atoms with E-state index in [9.17, 15) is 13.2 Å². The molecule has 0 aromatic heterocycles. The zero-order chi connectivity index (χ0) is 20.0. The Morgan fingerprint density at radius 1 is 1.15 bits per heavy atom. The van der Waals surface area contributed by atoms with Crippen LogP contribution in [0.3, 0.4) is 0 Å². The molecule has 1 N–H and O–H groups in total. The Hall–Kier alpha value is -2.09. The summed E-state index contributed by atoms with van der Waals surface area (Å²) in [5, 5.41) is 2.75. The minimum atomic E-state index is -3.73. The Kier molecular flexibility index (Phi) is 7.24. The highest BCUT2D eigenvalue weighted by molar-refractivity contribution is 7.89. The SMILES string of the molecule is CCN(CC)S(=O)(=O)c1cc(NC(=O)COc2ccccc2C)ccc1Cl. The van der Waals surface area contributed by atoms with E-state index in [0.717, 1.165) is 5.56 Å². The largest absolute Gasteiger partial charge is 0.483 e. The molecule has 0 saturated carbocycles. The van der Waals surface area contributed by atoms with E-state index >= 15 is 0 Å². The van der Waals surface area contributed by atoms with Crippen molar-refractivity contribution in [2.45, 2.75) is 25.7 Å². The number of ether oxygens (including phenoxy) is 1. The number of aryl methyl sites for hydroxylation is 1. The number of carbonyl (C=O) groups is 1. The molecule has 0 atom stereocenters. The van der Waals surface area contributed by atoms with E-state index in [2.05, 4.69) is 5.32 Å². The maximum absolute atomic E-state index is 12.7. The van der Waals surface area contributed by atoms with Crippen molar-refractivity contribution in [3.63, 3.8) is 0 Å². The van der Waals surface area contributed by atoms with Crippen LogP contribution in [0.25, 0.3) is 0 Å². The van der Waals surface area contributed by atoms with Crippen LogP contribution in [0.15, 0.2) is 47.4 Å². The number of para-hydroxylation sites is 1. The van der Waals surface area contributed by atoms with Crippen molar-refractivity contribution in [1.82, 2.24) is 4.31 Å². The molecule has 0 aliphatic carbocycles. The molecule has 27 heavy (non-hydrogen) atoms. The fraction of sp³-hybridized carbons (Fsp3) is 0.316. The molecule has 0 aliphatic rings. The Bertz CT molecular complexity index is 912. The van der Waals surface area contributed by atoms with E-state index in [-0.39, 0.29) is 16.5 Å². The number of carbonyl (C=O) groups excluding carboxylic acids is 1. The zero-order valence-electron chi connectivity index (χ0n) is 15.5. The van der Waals surface area contributed by atoms with Gasteiger partial charge >= 0.3 is 0 Å². The number of anilines is 1. The molecule has 0 bridgehead atoms. The van der Waals surface area contributed by atoms with Crippen LogP contribution >= 0.6 is 11.6 Å². The summed E-state index contributed by atoms with van der Waals surface area (Å²) in [7, 11) is -3.73. The number of rotatable bonds is 8. The van der Waals surface area contributed by atoms with Crippen molar-refractivity contribution >= 4 is 33.2 Å². The molecule has 0 radical (unpaired) electrons. The average molecular weight is 411 g/mol. The molecule has 0 heterocycles. The second-order valence-electron chi connectivity index (χ2n) is 5.84. The van der Waals surface area contributed by atoms with Crippen LogP contribution in [-0.2, 0) is 14.8 Å². The van der Waals surface area contributed by atoms with Gasteiger partial charge in [-0.1, -0.05) is 43.6 Å². The summed E-state index contributed by atoms with van der Waals surface area (Å²) in [5.74, 6) is 0.223. The van der Waals surface area contributed by atoms with Crippen molar-refractivity contribution in [1.29, 1.82) is 0 Å². The van der Waals surface area contributed by atoms with E-state index in [4.69, 9.17) is 16.3 Å². The van der Waals surface area contributed by atoms with E-state index in [1.165, 1.54) is 16.4 Å². The number of amides is 1. The molecule has 0 saturated heterocycles. The summed E-state index contributed by atoms with van der Waals surface area (Å²) in [6.45, 7) is 5.86. The van der Waals surface area contributed by atoms with Crippen LogP contribution in [0.5, 0.6) is 5.75 Å². The van der Waals surface area contributed by atoms with Gasteiger partial charge in [-0.3, -0.25) is 4.79 Å². The predicted molar refractivity (Wildman–Crippen MR) is 107 cm³/mol. The standard InChI is InChI=1S/C19H23ClN2O4S/c1-4-22(5-2)27(24,25)18-12-15(10-11-16(18)20)21-19(23)13-26-17-9-7-6-8-14(17)3/h6-12H,4-5,13H2,1-3H3,(H,21,23). The first-order chi connectivity index (χ1) is 12.8. The smallest absolute Gasteiger partial charge is 0.262 e. The topological polar surface area (TPSA) is 75.7 Å². The van der Waals surface area contributed by atoms with Crippen LogP contribution in [0.1, 0.15) is 19.4 Å². The first-order valence-electron chi connectivity index (χ1n) is 8.57. The summed E-state index contributed by atoms with van der Waals surface area (Å²) in [6, 6.07) is 11.7. The fourth-order valence-corrected chi connectivity index (χ4v) is 4.50. The van der Waals surface area contributed by atoms with Crippen molar-refractivity contribution in [3.8, 4) is 5.75 Å². The second-order valence-corrected chi connectivity index (χ2v) is 8.15.